The molecule has 0 heterocycles. The Labute approximate surface area is 68.1 Å². The normalized spacial score (nSPS) is 10.5. The van der Waals surface area contributed by atoms with Crippen LogP contribution in [0.15, 0.2) is 24.2 Å². The van der Waals surface area contributed by atoms with Crippen molar-refractivity contribution in [2.45, 2.75) is 0 Å². The Kier molecular flexibility index (Phi) is 1.65. The summed E-state index contributed by atoms with van der Waals surface area (Å²) >= 11 is 0. The first kappa shape index (κ1) is 6.71. The van der Waals surface area contributed by atoms with Crippen LogP contribution in [-0.2, 0) is 0 Å². The molecular formula is C6H4N2O4. The molecule has 0 bridgehead atoms. The molecule has 0 fully saturated rings. The van der Waals surface area contributed by atoms with Crippen LogP contribution in [0.3, 0.4) is 0 Å². The summed E-state index contributed by atoms with van der Waals surface area (Å²) in [6.45, 7) is 0. The van der Waals surface area contributed by atoms with E-state index in [1.807, 2.05) is 0 Å². The first-order chi connectivity index (χ1) is 6.00. The van der Waals surface area contributed by atoms with Crippen molar-refractivity contribution in [3.8, 4) is 0 Å². The number of nitro benzene ring substituents is 2. The average molecular weight is 169 g/mol. The molecule has 62 valence electrons. The summed E-state index contributed by atoms with van der Waals surface area (Å²) in [4.78, 5) is 18.9. The molecule has 0 amide bonds. The zero-order chi connectivity index (χ0) is 10.0. The van der Waals surface area contributed by atoms with E-state index in [1.165, 1.54) is 0 Å². The average Bonchev–Trinajstić information content (AvgIpc) is 2.03. The van der Waals surface area contributed by atoms with Crippen molar-refractivity contribution in [1.82, 2.24) is 0 Å². The van der Waals surface area contributed by atoms with Gasteiger partial charge in [0.15, 0.2) is 0 Å². The van der Waals surface area contributed by atoms with E-state index in [1.54, 1.807) is 0 Å². The van der Waals surface area contributed by atoms with Crippen molar-refractivity contribution in [3.05, 3.63) is 44.5 Å². The zero-order valence-electron chi connectivity index (χ0n) is 6.76. The van der Waals surface area contributed by atoms with Gasteiger partial charge in [-0.05, 0) is 6.04 Å². The monoisotopic (exact) mass is 169 g/mol. The van der Waals surface area contributed by atoms with Gasteiger partial charge in [0, 0.05) is 12.1 Å². The van der Waals surface area contributed by atoms with E-state index in [2.05, 4.69) is 0 Å². The van der Waals surface area contributed by atoms with Crippen LogP contribution in [0.2, 0.25) is 0 Å². The first-order valence-corrected chi connectivity index (χ1v) is 2.91. The lowest BCUT2D eigenvalue weighted by Gasteiger charge is -1.90. The fraction of sp³-hybridized carbons (Fsp3) is 0. The molecule has 0 aliphatic heterocycles. The van der Waals surface area contributed by atoms with Crippen molar-refractivity contribution in [2.24, 2.45) is 0 Å². The third kappa shape index (κ3) is 1.54. The standard InChI is InChI=1S/C6H4N2O4/c9-7(10)5-2-1-3-6(4-5)8(11)12/h1-4H/i1D. The summed E-state index contributed by atoms with van der Waals surface area (Å²) in [5.74, 6) is 0. The molecule has 0 aliphatic carbocycles. The highest BCUT2D eigenvalue weighted by molar-refractivity contribution is 5.42. The van der Waals surface area contributed by atoms with Gasteiger partial charge >= 0.3 is 0 Å². The minimum Gasteiger partial charge on any atom is -0.258 e. The lowest BCUT2D eigenvalue weighted by Crippen LogP contribution is -1.91. The van der Waals surface area contributed by atoms with Crippen LogP contribution in [0.5, 0.6) is 0 Å². The summed E-state index contributed by atoms with van der Waals surface area (Å²) in [5, 5.41) is 20.5. The molecule has 1 aromatic carbocycles. The number of nitrogens with zero attached hydrogens (tertiary/aromatic N) is 2. The molecule has 6 nitrogen and oxygen atoms in total. The van der Waals surface area contributed by atoms with E-state index in [-0.39, 0.29) is 6.04 Å². The molecule has 1 rings (SSSR count). The molecule has 0 saturated carbocycles. The Morgan fingerprint density at radius 3 is 1.92 bits per heavy atom. The highest BCUT2D eigenvalue weighted by atomic mass is 16.6. The second-order valence-electron chi connectivity index (χ2n) is 1.96. The highest BCUT2D eigenvalue weighted by Gasteiger charge is 2.11. The molecule has 0 N–H and O–H groups in total. The zero-order valence-corrected chi connectivity index (χ0v) is 5.76. The molecule has 12 heavy (non-hydrogen) atoms. The Hall–Kier alpha value is -1.98. The topological polar surface area (TPSA) is 86.3 Å². The van der Waals surface area contributed by atoms with Gasteiger partial charge in [-0.1, -0.05) is 0 Å². The van der Waals surface area contributed by atoms with Gasteiger partial charge in [0.1, 0.15) is 0 Å². The van der Waals surface area contributed by atoms with Crippen LogP contribution in [0, 0.1) is 20.2 Å². The molecular weight excluding hydrogens is 164 g/mol. The Morgan fingerprint density at radius 2 is 1.58 bits per heavy atom. The molecule has 0 aromatic heterocycles. The van der Waals surface area contributed by atoms with Crippen LogP contribution in [0.25, 0.3) is 0 Å². The number of nitro groups is 2. The third-order valence-corrected chi connectivity index (χ3v) is 1.18. The molecule has 0 atom stereocenters. The van der Waals surface area contributed by atoms with Gasteiger partial charge in [-0.15, -0.1) is 0 Å². The van der Waals surface area contributed by atoms with Crippen molar-refractivity contribution >= 4 is 11.4 Å². The minimum absolute atomic E-state index is 0.249. The van der Waals surface area contributed by atoms with E-state index < -0.39 is 21.2 Å². The van der Waals surface area contributed by atoms with Crippen LogP contribution in [0.1, 0.15) is 1.37 Å². The SMILES string of the molecule is [2H]c1cc([N+](=O)[O-])cc([N+](=O)[O-])c1. The quantitative estimate of drug-likeness (QED) is 0.495. The van der Waals surface area contributed by atoms with Crippen molar-refractivity contribution in [1.29, 1.82) is 0 Å². The molecule has 0 unspecified atom stereocenters. The fourth-order valence-electron chi connectivity index (χ4n) is 0.658. The number of hydrogen-bond acceptors (Lipinski definition) is 4. The summed E-state index contributed by atoms with van der Waals surface area (Å²) in [6.07, 6.45) is 0. The summed E-state index contributed by atoms with van der Waals surface area (Å²) < 4.78 is 7.05. The number of non-ortho nitro benzene ring substituents is 2. The Balaban J connectivity index is 3.26. The number of hydrogen-bond donors (Lipinski definition) is 0. The molecule has 0 saturated heterocycles. The lowest BCUT2D eigenvalue weighted by molar-refractivity contribution is -0.394. The van der Waals surface area contributed by atoms with Gasteiger partial charge in [0.25, 0.3) is 11.4 Å². The first-order valence-electron chi connectivity index (χ1n) is 3.41. The summed E-state index contributed by atoms with van der Waals surface area (Å²) in [5.41, 5.74) is -0.890. The van der Waals surface area contributed by atoms with Gasteiger partial charge < -0.3 is 0 Å². The van der Waals surface area contributed by atoms with E-state index in [9.17, 15) is 20.2 Å². The molecule has 1 aromatic rings. The minimum atomic E-state index is -0.773. The lowest BCUT2D eigenvalue weighted by atomic mass is 10.3. The van der Waals surface area contributed by atoms with E-state index in [0.29, 0.717) is 0 Å². The summed E-state index contributed by atoms with van der Waals surface area (Å²) in [7, 11) is 0. The Bertz CT molecular complexity index is 347. The van der Waals surface area contributed by atoms with Crippen LogP contribution < -0.4 is 0 Å². The van der Waals surface area contributed by atoms with E-state index in [0.717, 1.165) is 18.2 Å². The molecule has 0 aliphatic rings. The van der Waals surface area contributed by atoms with Gasteiger partial charge in [0.2, 0.25) is 0 Å². The van der Waals surface area contributed by atoms with Crippen LogP contribution in [0.4, 0.5) is 11.4 Å². The predicted octanol–water partition coefficient (Wildman–Crippen LogP) is 1.50. The largest absolute Gasteiger partial charge is 0.276 e. The van der Waals surface area contributed by atoms with Crippen molar-refractivity contribution in [2.75, 3.05) is 0 Å². The summed E-state index contributed by atoms with van der Waals surface area (Å²) in [6, 6.07) is 2.47. The highest BCUT2D eigenvalue weighted by Crippen LogP contribution is 2.18. The predicted molar refractivity (Wildman–Crippen MR) is 39.8 cm³/mol. The van der Waals surface area contributed by atoms with E-state index in [4.69, 9.17) is 1.37 Å². The second-order valence-corrected chi connectivity index (χ2v) is 1.96. The van der Waals surface area contributed by atoms with Gasteiger partial charge in [0.05, 0.1) is 17.3 Å². The van der Waals surface area contributed by atoms with Gasteiger partial charge in [-0.25, -0.2) is 0 Å². The number of rotatable bonds is 2. The smallest absolute Gasteiger partial charge is 0.258 e. The molecule has 6 heteroatoms. The van der Waals surface area contributed by atoms with Crippen molar-refractivity contribution < 1.29 is 11.2 Å². The van der Waals surface area contributed by atoms with Gasteiger partial charge in [-0.3, -0.25) is 20.2 Å². The maximum Gasteiger partial charge on any atom is 0.276 e. The van der Waals surface area contributed by atoms with Crippen LogP contribution >= 0.6 is 0 Å². The Morgan fingerprint density at radius 1 is 1.17 bits per heavy atom. The van der Waals surface area contributed by atoms with Crippen molar-refractivity contribution in [3.63, 3.8) is 0 Å². The van der Waals surface area contributed by atoms with Crippen LogP contribution in [-0.4, -0.2) is 9.85 Å². The maximum absolute atomic E-state index is 10.2. The van der Waals surface area contributed by atoms with E-state index >= 15 is 0 Å². The molecule has 0 radical (unpaired) electrons. The molecule has 0 spiro atoms. The number of benzene rings is 1. The van der Waals surface area contributed by atoms with Gasteiger partial charge in [-0.2, -0.15) is 0 Å². The fourth-order valence-corrected chi connectivity index (χ4v) is 0.658. The maximum atomic E-state index is 10.2. The third-order valence-electron chi connectivity index (χ3n) is 1.18. The second kappa shape index (κ2) is 2.95.